The summed E-state index contributed by atoms with van der Waals surface area (Å²) in [5.74, 6) is 0. The maximum absolute atomic E-state index is 11.1. The van der Waals surface area contributed by atoms with E-state index >= 15 is 0 Å². The number of hydrogen-bond donors (Lipinski definition) is 1. The summed E-state index contributed by atoms with van der Waals surface area (Å²) >= 11 is 0. The molecule has 12 heavy (non-hydrogen) atoms. The molecule has 0 radical (unpaired) electrons. The van der Waals surface area contributed by atoms with Gasteiger partial charge in [-0.15, -0.1) is 0 Å². The molecule has 0 saturated carbocycles. The molecule has 5 nitrogen and oxygen atoms in total. The Balaban J connectivity index is 2.18. The summed E-state index contributed by atoms with van der Waals surface area (Å²) < 4.78 is 23.5. The maximum atomic E-state index is 11.1. The van der Waals surface area contributed by atoms with Gasteiger partial charge in [0.2, 0.25) is 0 Å². The number of hydrogen-bond acceptors (Lipinski definition) is 3. The molecular weight excluding hydrogens is 178 g/mol. The van der Waals surface area contributed by atoms with E-state index in [1.165, 1.54) is 4.31 Å². The van der Waals surface area contributed by atoms with Crippen LogP contribution in [0.1, 0.15) is 6.42 Å². The zero-order chi connectivity index (χ0) is 8.77. The molecule has 6 heteroatoms. The Bertz CT molecular complexity index is 277. The van der Waals surface area contributed by atoms with Crippen molar-refractivity contribution in [1.82, 2.24) is 9.21 Å². The SMILES string of the molecule is NS(=O)(=O)N1CCN2CCC1C2. The Morgan fingerprint density at radius 3 is 2.67 bits per heavy atom. The van der Waals surface area contributed by atoms with E-state index in [2.05, 4.69) is 4.90 Å². The van der Waals surface area contributed by atoms with Gasteiger partial charge in [0.1, 0.15) is 0 Å². The third-order valence-electron chi connectivity index (χ3n) is 2.62. The summed E-state index contributed by atoms with van der Waals surface area (Å²) in [4.78, 5) is 2.27. The largest absolute Gasteiger partial charge is 0.300 e. The van der Waals surface area contributed by atoms with Crippen molar-refractivity contribution < 1.29 is 8.42 Å². The summed E-state index contributed by atoms with van der Waals surface area (Å²) in [7, 11) is -3.45. The van der Waals surface area contributed by atoms with E-state index in [0.29, 0.717) is 6.54 Å². The Morgan fingerprint density at radius 2 is 2.00 bits per heavy atom. The maximum Gasteiger partial charge on any atom is 0.277 e. The van der Waals surface area contributed by atoms with Gasteiger partial charge in [0.05, 0.1) is 0 Å². The molecule has 0 aromatic carbocycles. The first-order valence-electron chi connectivity index (χ1n) is 4.09. The molecule has 0 aliphatic carbocycles. The molecule has 2 rings (SSSR count). The van der Waals surface area contributed by atoms with Crippen molar-refractivity contribution in [3.63, 3.8) is 0 Å². The smallest absolute Gasteiger partial charge is 0.277 e. The van der Waals surface area contributed by atoms with Gasteiger partial charge in [0.25, 0.3) is 10.2 Å². The highest BCUT2D eigenvalue weighted by Crippen LogP contribution is 2.21. The minimum atomic E-state index is -3.45. The van der Waals surface area contributed by atoms with Crippen molar-refractivity contribution in [3.8, 4) is 0 Å². The topological polar surface area (TPSA) is 66.6 Å². The normalized spacial score (nSPS) is 37.1. The number of fused-ring (bicyclic) bond motifs is 2. The Labute approximate surface area is 72.3 Å². The molecule has 0 amide bonds. The van der Waals surface area contributed by atoms with Crippen molar-refractivity contribution in [3.05, 3.63) is 0 Å². The Morgan fingerprint density at radius 1 is 1.25 bits per heavy atom. The second-order valence-electron chi connectivity index (χ2n) is 3.40. The predicted molar refractivity (Wildman–Crippen MR) is 44.7 cm³/mol. The van der Waals surface area contributed by atoms with Gasteiger partial charge in [-0.05, 0) is 13.0 Å². The third kappa shape index (κ3) is 1.35. The lowest BCUT2D eigenvalue weighted by atomic mass is 10.2. The quantitative estimate of drug-likeness (QED) is 0.553. The zero-order valence-corrected chi connectivity index (χ0v) is 7.63. The van der Waals surface area contributed by atoms with Crippen LogP contribution in [0.2, 0.25) is 0 Å². The fourth-order valence-electron chi connectivity index (χ4n) is 2.01. The van der Waals surface area contributed by atoms with E-state index in [-0.39, 0.29) is 6.04 Å². The standard InChI is InChI=1S/C6H13N3O2S/c7-12(10,11)9-4-3-8-2-1-6(9)5-8/h6H,1-5H2,(H2,7,10,11). The van der Waals surface area contributed by atoms with Crippen molar-refractivity contribution in [1.29, 1.82) is 0 Å². The summed E-state index contributed by atoms with van der Waals surface area (Å²) in [5.41, 5.74) is 0. The molecule has 0 aromatic rings. The average molecular weight is 191 g/mol. The second-order valence-corrected chi connectivity index (χ2v) is 4.90. The molecule has 0 aromatic heterocycles. The third-order valence-corrected chi connectivity index (χ3v) is 3.75. The zero-order valence-electron chi connectivity index (χ0n) is 6.81. The lowest BCUT2D eigenvalue weighted by Crippen LogP contribution is -2.51. The fraction of sp³-hybridized carbons (Fsp3) is 1.00. The Hall–Kier alpha value is -0.170. The average Bonchev–Trinajstić information content (AvgIpc) is 2.30. The van der Waals surface area contributed by atoms with Gasteiger partial charge in [-0.3, -0.25) is 0 Å². The number of piperazine rings is 1. The van der Waals surface area contributed by atoms with Crippen molar-refractivity contribution in [2.24, 2.45) is 5.14 Å². The summed E-state index contributed by atoms with van der Waals surface area (Å²) in [6, 6.07) is 0.133. The van der Waals surface area contributed by atoms with Crippen molar-refractivity contribution in [2.75, 3.05) is 26.2 Å². The number of nitrogens with two attached hydrogens (primary N) is 1. The predicted octanol–water partition coefficient (Wildman–Crippen LogP) is -1.42. The molecule has 70 valence electrons. The lowest BCUT2D eigenvalue weighted by molar-refractivity contribution is 0.213. The van der Waals surface area contributed by atoms with E-state index in [0.717, 1.165) is 26.1 Å². The molecule has 2 atom stereocenters. The van der Waals surface area contributed by atoms with Crippen LogP contribution in [-0.2, 0) is 10.2 Å². The molecule has 2 unspecified atom stereocenters. The highest BCUT2D eigenvalue weighted by molar-refractivity contribution is 7.86. The molecule has 2 bridgehead atoms. The molecular formula is C6H13N3O2S. The summed E-state index contributed by atoms with van der Waals surface area (Å²) in [6.45, 7) is 3.25. The molecule has 2 saturated heterocycles. The first kappa shape index (κ1) is 8.43. The Kier molecular flexibility index (Phi) is 1.87. The van der Waals surface area contributed by atoms with E-state index in [9.17, 15) is 8.42 Å². The van der Waals surface area contributed by atoms with Crippen LogP contribution >= 0.6 is 0 Å². The molecule has 2 N–H and O–H groups in total. The van der Waals surface area contributed by atoms with E-state index in [4.69, 9.17) is 5.14 Å². The van der Waals surface area contributed by atoms with Crippen LogP contribution in [0.25, 0.3) is 0 Å². The monoisotopic (exact) mass is 191 g/mol. The van der Waals surface area contributed by atoms with Crippen LogP contribution in [0.5, 0.6) is 0 Å². The first-order chi connectivity index (χ1) is 5.57. The van der Waals surface area contributed by atoms with Crippen LogP contribution in [0.4, 0.5) is 0 Å². The minimum absolute atomic E-state index is 0.133. The molecule has 2 aliphatic heterocycles. The molecule has 2 heterocycles. The van der Waals surface area contributed by atoms with E-state index < -0.39 is 10.2 Å². The summed E-state index contributed by atoms with van der Waals surface area (Å²) in [5, 5.41) is 5.07. The highest BCUT2D eigenvalue weighted by Gasteiger charge is 2.37. The van der Waals surface area contributed by atoms with Gasteiger partial charge in [0.15, 0.2) is 0 Å². The van der Waals surface area contributed by atoms with Crippen LogP contribution in [0, 0.1) is 0 Å². The van der Waals surface area contributed by atoms with Crippen LogP contribution in [-0.4, -0.2) is 49.8 Å². The van der Waals surface area contributed by atoms with Crippen LogP contribution in [0.15, 0.2) is 0 Å². The summed E-state index contributed by atoms with van der Waals surface area (Å²) in [6.07, 6.45) is 0.927. The van der Waals surface area contributed by atoms with E-state index in [1.54, 1.807) is 0 Å². The second kappa shape index (κ2) is 2.66. The highest BCUT2D eigenvalue weighted by atomic mass is 32.2. The molecule has 2 fully saturated rings. The van der Waals surface area contributed by atoms with Crippen molar-refractivity contribution >= 4 is 10.2 Å². The lowest BCUT2D eigenvalue weighted by Gasteiger charge is -2.31. The van der Waals surface area contributed by atoms with Crippen LogP contribution in [0.3, 0.4) is 0 Å². The van der Waals surface area contributed by atoms with Gasteiger partial charge in [-0.25, -0.2) is 5.14 Å². The fourth-order valence-corrected chi connectivity index (χ4v) is 2.93. The number of rotatable bonds is 1. The van der Waals surface area contributed by atoms with Gasteiger partial charge < -0.3 is 4.90 Å². The minimum Gasteiger partial charge on any atom is -0.300 e. The van der Waals surface area contributed by atoms with Gasteiger partial charge in [-0.2, -0.15) is 12.7 Å². The first-order valence-corrected chi connectivity index (χ1v) is 5.59. The molecule has 0 spiro atoms. The van der Waals surface area contributed by atoms with Crippen LogP contribution < -0.4 is 5.14 Å². The molecule has 2 aliphatic rings. The van der Waals surface area contributed by atoms with Gasteiger partial charge >= 0.3 is 0 Å². The van der Waals surface area contributed by atoms with Gasteiger partial charge in [-0.1, -0.05) is 0 Å². The van der Waals surface area contributed by atoms with E-state index in [1.807, 2.05) is 0 Å². The van der Waals surface area contributed by atoms with Crippen molar-refractivity contribution in [2.45, 2.75) is 12.5 Å². The van der Waals surface area contributed by atoms with Gasteiger partial charge in [0, 0.05) is 25.7 Å². The number of nitrogens with zero attached hydrogens (tertiary/aromatic N) is 2.